The first-order valence-corrected chi connectivity index (χ1v) is 4.53. The fourth-order valence-electron chi connectivity index (χ4n) is 0.996. The first-order valence-electron chi connectivity index (χ1n) is 4.53. The van der Waals surface area contributed by atoms with E-state index in [2.05, 4.69) is 30.9 Å². The Hall–Kier alpha value is -0.120. The molecule has 0 saturated heterocycles. The van der Waals surface area contributed by atoms with Crippen LogP contribution in [0, 0.1) is 0 Å². The molecule has 0 fully saturated rings. The van der Waals surface area contributed by atoms with Crippen LogP contribution in [0.25, 0.3) is 0 Å². The number of likely N-dealkylation sites (N-methyl/N-ethyl adjacent to an activating group) is 1. The SMILES string of the molecule is CC(CO)N(C)CCCN(C)C. The van der Waals surface area contributed by atoms with Crippen molar-refractivity contribution in [2.45, 2.75) is 19.4 Å². The van der Waals surface area contributed by atoms with Crippen LogP contribution < -0.4 is 0 Å². The molecule has 0 aromatic carbocycles. The minimum atomic E-state index is 0.248. The predicted octanol–water partition coefficient (Wildman–Crippen LogP) is 0.251. The number of nitrogens with zero attached hydrogens (tertiary/aromatic N) is 2. The summed E-state index contributed by atoms with van der Waals surface area (Å²) < 4.78 is 0. The van der Waals surface area contributed by atoms with Gasteiger partial charge in [-0.15, -0.1) is 0 Å². The molecule has 0 saturated carbocycles. The zero-order chi connectivity index (χ0) is 9.56. The van der Waals surface area contributed by atoms with Crippen LogP contribution in [0.4, 0.5) is 0 Å². The molecule has 3 heteroatoms. The maximum atomic E-state index is 8.86. The molecular weight excluding hydrogens is 152 g/mol. The lowest BCUT2D eigenvalue weighted by atomic mass is 10.3. The van der Waals surface area contributed by atoms with Gasteiger partial charge >= 0.3 is 0 Å². The van der Waals surface area contributed by atoms with Crippen LogP contribution in [0.1, 0.15) is 13.3 Å². The average molecular weight is 174 g/mol. The van der Waals surface area contributed by atoms with Crippen LogP contribution in [0.5, 0.6) is 0 Å². The summed E-state index contributed by atoms with van der Waals surface area (Å²) in [5, 5.41) is 8.86. The van der Waals surface area contributed by atoms with Crippen molar-refractivity contribution in [3.8, 4) is 0 Å². The van der Waals surface area contributed by atoms with Gasteiger partial charge in [0.25, 0.3) is 0 Å². The van der Waals surface area contributed by atoms with Crippen LogP contribution in [-0.2, 0) is 0 Å². The smallest absolute Gasteiger partial charge is 0.0584 e. The third kappa shape index (κ3) is 5.52. The van der Waals surface area contributed by atoms with E-state index in [0.717, 1.165) is 19.5 Å². The highest BCUT2D eigenvalue weighted by Gasteiger charge is 2.06. The van der Waals surface area contributed by atoms with E-state index in [0.29, 0.717) is 0 Å². The second kappa shape index (κ2) is 6.40. The van der Waals surface area contributed by atoms with Gasteiger partial charge in [0.15, 0.2) is 0 Å². The molecule has 3 nitrogen and oxygen atoms in total. The Labute approximate surface area is 76.0 Å². The molecule has 0 radical (unpaired) electrons. The van der Waals surface area contributed by atoms with Crippen LogP contribution >= 0.6 is 0 Å². The standard InChI is InChI=1S/C9H22N2O/c1-9(8-12)11(4)7-5-6-10(2)3/h9,12H,5-8H2,1-4H3. The summed E-state index contributed by atoms with van der Waals surface area (Å²) in [6.45, 7) is 4.45. The largest absolute Gasteiger partial charge is 0.395 e. The highest BCUT2D eigenvalue weighted by Crippen LogP contribution is 1.95. The maximum absolute atomic E-state index is 8.86. The van der Waals surface area contributed by atoms with Gasteiger partial charge in [-0.2, -0.15) is 0 Å². The fraction of sp³-hybridized carbons (Fsp3) is 1.00. The van der Waals surface area contributed by atoms with Crippen molar-refractivity contribution in [3.05, 3.63) is 0 Å². The van der Waals surface area contributed by atoms with Gasteiger partial charge in [-0.05, 0) is 47.6 Å². The van der Waals surface area contributed by atoms with Crippen molar-refractivity contribution in [1.82, 2.24) is 9.80 Å². The van der Waals surface area contributed by atoms with Gasteiger partial charge < -0.3 is 14.9 Å². The predicted molar refractivity (Wildman–Crippen MR) is 52.3 cm³/mol. The van der Waals surface area contributed by atoms with Crippen LogP contribution in [0.2, 0.25) is 0 Å². The molecular formula is C9H22N2O. The van der Waals surface area contributed by atoms with E-state index >= 15 is 0 Å². The van der Waals surface area contributed by atoms with E-state index in [4.69, 9.17) is 5.11 Å². The van der Waals surface area contributed by atoms with Crippen molar-refractivity contribution in [2.75, 3.05) is 40.8 Å². The average Bonchev–Trinajstić information content (AvgIpc) is 2.02. The van der Waals surface area contributed by atoms with E-state index in [1.807, 2.05) is 6.92 Å². The van der Waals surface area contributed by atoms with Crippen molar-refractivity contribution in [1.29, 1.82) is 0 Å². The second-order valence-electron chi connectivity index (χ2n) is 3.67. The minimum Gasteiger partial charge on any atom is -0.395 e. The van der Waals surface area contributed by atoms with E-state index in [1.54, 1.807) is 0 Å². The molecule has 0 heterocycles. The van der Waals surface area contributed by atoms with Gasteiger partial charge in [-0.25, -0.2) is 0 Å². The van der Waals surface area contributed by atoms with Crippen molar-refractivity contribution < 1.29 is 5.11 Å². The second-order valence-corrected chi connectivity index (χ2v) is 3.67. The van der Waals surface area contributed by atoms with Gasteiger partial charge in [0.1, 0.15) is 0 Å². The summed E-state index contributed by atoms with van der Waals surface area (Å²) in [5.74, 6) is 0. The Morgan fingerprint density at radius 3 is 2.17 bits per heavy atom. The normalized spacial score (nSPS) is 14.2. The molecule has 0 amide bonds. The summed E-state index contributed by atoms with van der Waals surface area (Å²) in [6.07, 6.45) is 1.16. The third-order valence-corrected chi connectivity index (χ3v) is 2.13. The molecule has 0 aromatic heterocycles. The van der Waals surface area contributed by atoms with E-state index in [1.165, 1.54) is 0 Å². The summed E-state index contributed by atoms with van der Waals surface area (Å²) in [5.41, 5.74) is 0. The molecule has 0 rings (SSSR count). The summed E-state index contributed by atoms with van der Waals surface area (Å²) in [4.78, 5) is 4.36. The first kappa shape index (κ1) is 11.9. The van der Waals surface area contributed by atoms with Crippen LogP contribution in [0.3, 0.4) is 0 Å². The molecule has 0 spiro atoms. The Kier molecular flexibility index (Phi) is 6.34. The lowest BCUT2D eigenvalue weighted by Gasteiger charge is -2.23. The van der Waals surface area contributed by atoms with Gasteiger partial charge in [0.2, 0.25) is 0 Å². The zero-order valence-corrected chi connectivity index (χ0v) is 8.75. The van der Waals surface area contributed by atoms with Crippen molar-refractivity contribution >= 4 is 0 Å². The molecule has 12 heavy (non-hydrogen) atoms. The molecule has 0 aliphatic carbocycles. The molecule has 1 unspecified atom stereocenters. The molecule has 0 aliphatic rings. The fourth-order valence-corrected chi connectivity index (χ4v) is 0.996. The number of hydrogen-bond acceptors (Lipinski definition) is 3. The number of hydrogen-bond donors (Lipinski definition) is 1. The quantitative estimate of drug-likeness (QED) is 0.625. The molecule has 0 aliphatic heterocycles. The lowest BCUT2D eigenvalue weighted by molar-refractivity contribution is 0.155. The van der Waals surface area contributed by atoms with E-state index in [9.17, 15) is 0 Å². The molecule has 1 N–H and O–H groups in total. The Bertz CT molecular complexity index is 107. The van der Waals surface area contributed by atoms with Crippen molar-refractivity contribution in [2.24, 2.45) is 0 Å². The Morgan fingerprint density at radius 1 is 1.17 bits per heavy atom. The molecule has 1 atom stereocenters. The Morgan fingerprint density at radius 2 is 1.75 bits per heavy atom. The molecule has 0 bridgehead atoms. The van der Waals surface area contributed by atoms with E-state index < -0.39 is 0 Å². The maximum Gasteiger partial charge on any atom is 0.0584 e. The third-order valence-electron chi connectivity index (χ3n) is 2.13. The summed E-state index contributed by atoms with van der Waals surface area (Å²) in [6, 6.07) is 0.284. The summed E-state index contributed by atoms with van der Waals surface area (Å²) in [7, 11) is 6.21. The Balaban J connectivity index is 3.37. The van der Waals surface area contributed by atoms with Gasteiger partial charge in [-0.1, -0.05) is 0 Å². The molecule has 74 valence electrons. The number of aliphatic hydroxyl groups is 1. The van der Waals surface area contributed by atoms with Crippen LogP contribution in [0.15, 0.2) is 0 Å². The lowest BCUT2D eigenvalue weighted by Crippen LogP contribution is -2.33. The topological polar surface area (TPSA) is 26.7 Å². The van der Waals surface area contributed by atoms with E-state index in [-0.39, 0.29) is 12.6 Å². The number of rotatable bonds is 6. The summed E-state index contributed by atoms with van der Waals surface area (Å²) >= 11 is 0. The zero-order valence-electron chi connectivity index (χ0n) is 8.75. The minimum absolute atomic E-state index is 0.248. The van der Waals surface area contributed by atoms with Gasteiger partial charge in [0.05, 0.1) is 6.61 Å². The molecule has 0 aromatic rings. The van der Waals surface area contributed by atoms with Gasteiger partial charge in [-0.3, -0.25) is 0 Å². The monoisotopic (exact) mass is 174 g/mol. The van der Waals surface area contributed by atoms with Gasteiger partial charge in [0, 0.05) is 6.04 Å². The number of aliphatic hydroxyl groups excluding tert-OH is 1. The highest BCUT2D eigenvalue weighted by atomic mass is 16.3. The van der Waals surface area contributed by atoms with Crippen molar-refractivity contribution in [3.63, 3.8) is 0 Å². The highest BCUT2D eigenvalue weighted by molar-refractivity contribution is 4.61. The van der Waals surface area contributed by atoms with Crippen LogP contribution in [-0.4, -0.2) is 61.8 Å². The first-order chi connectivity index (χ1) is 5.57.